The molecule has 0 spiro atoms. The molecule has 0 atom stereocenters. The van der Waals surface area contributed by atoms with E-state index in [0.29, 0.717) is 0 Å². The smallest absolute Gasteiger partial charge is 0.122 e. The second-order valence-corrected chi connectivity index (χ2v) is 4.22. The van der Waals surface area contributed by atoms with Crippen LogP contribution >= 0.6 is 0 Å². The van der Waals surface area contributed by atoms with Crippen LogP contribution in [0.4, 0.5) is 0 Å². The molecule has 0 saturated carbocycles. The zero-order valence-corrected chi connectivity index (χ0v) is 9.36. The molecule has 1 nitrogen and oxygen atoms in total. The zero-order chi connectivity index (χ0) is 11.0. The molecule has 16 heavy (non-hydrogen) atoms. The van der Waals surface area contributed by atoms with Gasteiger partial charge in [0, 0.05) is 12.0 Å². The van der Waals surface area contributed by atoms with Crippen LogP contribution in [-0.4, -0.2) is 7.11 Å². The predicted octanol–water partition coefficient (Wildman–Crippen LogP) is 3.19. The first-order chi connectivity index (χ1) is 7.88. The maximum absolute atomic E-state index is 5.43. The van der Waals surface area contributed by atoms with Gasteiger partial charge in [0.15, 0.2) is 0 Å². The first kappa shape index (κ1) is 9.46. The van der Waals surface area contributed by atoms with Crippen molar-refractivity contribution in [1.82, 2.24) is 0 Å². The molecule has 2 aromatic carbocycles. The van der Waals surface area contributed by atoms with Crippen LogP contribution in [0.3, 0.4) is 0 Å². The number of ether oxygens (including phenoxy) is 1. The van der Waals surface area contributed by atoms with E-state index in [2.05, 4.69) is 36.4 Å². The summed E-state index contributed by atoms with van der Waals surface area (Å²) in [6, 6.07) is 15.0. The Hall–Kier alpha value is -1.76. The van der Waals surface area contributed by atoms with Crippen molar-refractivity contribution in [3.63, 3.8) is 0 Å². The molecule has 0 radical (unpaired) electrons. The largest absolute Gasteiger partial charge is 0.496 e. The van der Waals surface area contributed by atoms with E-state index in [9.17, 15) is 0 Å². The summed E-state index contributed by atoms with van der Waals surface area (Å²) in [6.45, 7) is 0. The summed E-state index contributed by atoms with van der Waals surface area (Å²) >= 11 is 0. The number of rotatable bonds is 1. The summed E-state index contributed by atoms with van der Waals surface area (Å²) in [4.78, 5) is 0. The third kappa shape index (κ3) is 1.40. The quantitative estimate of drug-likeness (QED) is 0.599. The van der Waals surface area contributed by atoms with Crippen LogP contribution in [0.5, 0.6) is 5.75 Å². The van der Waals surface area contributed by atoms with Crippen LogP contribution in [0.25, 0.3) is 0 Å². The molecule has 1 heteroatoms. The van der Waals surface area contributed by atoms with Gasteiger partial charge in [0.1, 0.15) is 5.75 Å². The van der Waals surface area contributed by atoms with Crippen LogP contribution in [0.1, 0.15) is 22.3 Å². The van der Waals surface area contributed by atoms with Crippen LogP contribution in [0.15, 0.2) is 42.5 Å². The lowest BCUT2D eigenvalue weighted by Gasteiger charge is -2.21. The van der Waals surface area contributed by atoms with Gasteiger partial charge in [-0.25, -0.2) is 0 Å². The normalized spacial score (nSPS) is 12.8. The van der Waals surface area contributed by atoms with E-state index >= 15 is 0 Å². The van der Waals surface area contributed by atoms with Crippen LogP contribution < -0.4 is 4.74 Å². The van der Waals surface area contributed by atoms with Crippen LogP contribution in [-0.2, 0) is 12.8 Å². The number of hydrogen-bond donors (Lipinski definition) is 0. The van der Waals surface area contributed by atoms with Gasteiger partial charge in [0.2, 0.25) is 0 Å². The van der Waals surface area contributed by atoms with Gasteiger partial charge >= 0.3 is 0 Å². The molecule has 0 saturated heterocycles. The minimum Gasteiger partial charge on any atom is -0.496 e. The van der Waals surface area contributed by atoms with Crippen molar-refractivity contribution in [1.29, 1.82) is 0 Å². The number of hydrogen-bond acceptors (Lipinski definition) is 1. The van der Waals surface area contributed by atoms with E-state index in [1.807, 2.05) is 6.07 Å². The minimum absolute atomic E-state index is 0.996. The average Bonchev–Trinajstić information content (AvgIpc) is 2.35. The first-order valence-corrected chi connectivity index (χ1v) is 5.60. The van der Waals surface area contributed by atoms with Gasteiger partial charge in [0.25, 0.3) is 0 Å². The van der Waals surface area contributed by atoms with Crippen molar-refractivity contribution in [3.8, 4) is 5.75 Å². The molecule has 1 aliphatic carbocycles. The summed E-state index contributed by atoms with van der Waals surface area (Å²) in [6.07, 6.45) is 2.03. The van der Waals surface area contributed by atoms with Gasteiger partial charge in [-0.15, -0.1) is 0 Å². The van der Waals surface area contributed by atoms with Crippen molar-refractivity contribution in [2.75, 3.05) is 7.11 Å². The van der Waals surface area contributed by atoms with Crippen LogP contribution in [0, 0.1) is 0 Å². The monoisotopic (exact) mass is 210 g/mol. The van der Waals surface area contributed by atoms with Gasteiger partial charge in [-0.05, 0) is 29.2 Å². The van der Waals surface area contributed by atoms with Gasteiger partial charge in [-0.2, -0.15) is 0 Å². The Morgan fingerprint density at radius 1 is 0.812 bits per heavy atom. The van der Waals surface area contributed by atoms with E-state index in [1.54, 1.807) is 7.11 Å². The van der Waals surface area contributed by atoms with Crippen molar-refractivity contribution in [3.05, 3.63) is 64.7 Å². The highest BCUT2D eigenvalue weighted by Crippen LogP contribution is 2.32. The zero-order valence-electron chi connectivity index (χ0n) is 9.36. The molecule has 0 heterocycles. The molecular weight excluding hydrogens is 196 g/mol. The Morgan fingerprint density at radius 3 is 2.25 bits per heavy atom. The first-order valence-electron chi connectivity index (χ1n) is 5.60. The summed E-state index contributed by atoms with van der Waals surface area (Å²) < 4.78 is 5.43. The fourth-order valence-electron chi connectivity index (χ4n) is 2.47. The van der Waals surface area contributed by atoms with Gasteiger partial charge in [-0.1, -0.05) is 36.4 Å². The van der Waals surface area contributed by atoms with E-state index in [-0.39, 0.29) is 0 Å². The lowest BCUT2D eigenvalue weighted by Crippen LogP contribution is -2.08. The standard InChI is InChI=1S/C15H14O/c1-16-15-8-4-7-13-9-11-5-2-3-6-12(11)10-14(13)15/h2-8H,9-10H2,1H3. The predicted molar refractivity (Wildman–Crippen MR) is 65.0 cm³/mol. The Kier molecular flexibility index (Phi) is 2.17. The molecule has 0 N–H and O–H groups in total. The minimum atomic E-state index is 0.996. The fraction of sp³-hybridized carbons (Fsp3) is 0.200. The van der Waals surface area contributed by atoms with Crippen molar-refractivity contribution >= 4 is 0 Å². The van der Waals surface area contributed by atoms with E-state index in [1.165, 1.54) is 22.3 Å². The Morgan fingerprint density at radius 2 is 1.50 bits per heavy atom. The summed E-state index contributed by atoms with van der Waals surface area (Å²) in [5, 5.41) is 0. The fourth-order valence-corrected chi connectivity index (χ4v) is 2.47. The summed E-state index contributed by atoms with van der Waals surface area (Å²) in [7, 11) is 1.75. The molecule has 0 unspecified atom stereocenters. The highest BCUT2D eigenvalue weighted by molar-refractivity contribution is 5.50. The maximum Gasteiger partial charge on any atom is 0.122 e. The number of fused-ring (bicyclic) bond motifs is 2. The summed E-state index contributed by atoms with van der Waals surface area (Å²) in [5.74, 6) is 1.02. The molecule has 2 aromatic rings. The highest BCUT2D eigenvalue weighted by Gasteiger charge is 2.17. The Labute approximate surface area is 95.7 Å². The molecule has 0 fully saturated rings. The Balaban J connectivity index is 2.12. The molecule has 0 amide bonds. The van der Waals surface area contributed by atoms with Crippen molar-refractivity contribution in [2.24, 2.45) is 0 Å². The average molecular weight is 210 g/mol. The van der Waals surface area contributed by atoms with Gasteiger partial charge in [-0.3, -0.25) is 0 Å². The highest BCUT2D eigenvalue weighted by atomic mass is 16.5. The second-order valence-electron chi connectivity index (χ2n) is 4.22. The third-order valence-electron chi connectivity index (χ3n) is 3.32. The Bertz CT molecular complexity index is 529. The molecule has 0 aliphatic heterocycles. The lowest BCUT2D eigenvalue weighted by atomic mass is 9.86. The molecular formula is C15H14O. The van der Waals surface area contributed by atoms with Crippen LogP contribution in [0.2, 0.25) is 0 Å². The third-order valence-corrected chi connectivity index (χ3v) is 3.32. The second kappa shape index (κ2) is 3.67. The maximum atomic E-state index is 5.43. The van der Waals surface area contributed by atoms with E-state index in [0.717, 1.165) is 18.6 Å². The molecule has 3 rings (SSSR count). The van der Waals surface area contributed by atoms with Crippen molar-refractivity contribution in [2.45, 2.75) is 12.8 Å². The number of benzene rings is 2. The topological polar surface area (TPSA) is 9.23 Å². The molecule has 80 valence electrons. The SMILES string of the molecule is COc1cccc2c1Cc1ccccc1C2. The van der Waals surface area contributed by atoms with E-state index < -0.39 is 0 Å². The lowest BCUT2D eigenvalue weighted by molar-refractivity contribution is 0.409. The van der Waals surface area contributed by atoms with E-state index in [4.69, 9.17) is 4.74 Å². The number of methoxy groups -OCH3 is 1. The molecule has 0 bridgehead atoms. The molecule has 0 aromatic heterocycles. The molecule has 1 aliphatic rings. The van der Waals surface area contributed by atoms with Crippen molar-refractivity contribution < 1.29 is 4.74 Å². The summed E-state index contributed by atoms with van der Waals surface area (Å²) in [5.41, 5.74) is 5.63. The van der Waals surface area contributed by atoms with Gasteiger partial charge in [0.05, 0.1) is 7.11 Å². The van der Waals surface area contributed by atoms with Gasteiger partial charge < -0.3 is 4.74 Å².